The van der Waals surface area contributed by atoms with E-state index >= 15 is 0 Å². The molecule has 0 aromatic heterocycles. The van der Waals surface area contributed by atoms with E-state index in [2.05, 4.69) is 12.2 Å². The highest BCUT2D eigenvalue weighted by Crippen LogP contribution is 2.36. The maximum Gasteiger partial charge on any atom is 0.255 e. The summed E-state index contributed by atoms with van der Waals surface area (Å²) >= 11 is 0. The second-order valence-corrected chi connectivity index (χ2v) is 5.86. The summed E-state index contributed by atoms with van der Waals surface area (Å²) in [5.41, 5.74) is 7.15. The van der Waals surface area contributed by atoms with Gasteiger partial charge in [0.05, 0.1) is 17.9 Å². The molecule has 2 rings (SSSR count). The van der Waals surface area contributed by atoms with E-state index in [1.54, 1.807) is 18.2 Å². The molecule has 0 radical (unpaired) electrons. The minimum absolute atomic E-state index is 0.103. The van der Waals surface area contributed by atoms with Gasteiger partial charge in [0.25, 0.3) is 5.91 Å². The number of ether oxygens (including phenoxy) is 1. The Kier molecular flexibility index (Phi) is 4.53. The van der Waals surface area contributed by atoms with Gasteiger partial charge in [-0.2, -0.15) is 0 Å². The monoisotopic (exact) mass is 276 g/mol. The Bertz CT molecular complexity index is 479. The van der Waals surface area contributed by atoms with Gasteiger partial charge in [0.1, 0.15) is 0 Å². The van der Waals surface area contributed by atoms with Crippen LogP contribution in [0.25, 0.3) is 0 Å². The number of nitrogens with two attached hydrogens (primary N) is 1. The van der Waals surface area contributed by atoms with Crippen LogP contribution in [0.2, 0.25) is 0 Å². The molecule has 1 aromatic carbocycles. The lowest BCUT2D eigenvalue weighted by molar-refractivity contribution is 0.0930. The van der Waals surface area contributed by atoms with Crippen LogP contribution in [0.1, 0.15) is 49.9 Å². The Morgan fingerprint density at radius 3 is 2.75 bits per heavy atom. The molecule has 1 aliphatic carbocycles. The molecule has 1 amide bonds. The van der Waals surface area contributed by atoms with Crippen molar-refractivity contribution in [3.8, 4) is 5.75 Å². The lowest BCUT2D eigenvalue weighted by Gasteiger charge is -2.24. The van der Waals surface area contributed by atoms with Crippen LogP contribution < -0.4 is 15.8 Å². The largest absolute Gasteiger partial charge is 0.491 e. The van der Waals surface area contributed by atoms with Crippen LogP contribution in [0.5, 0.6) is 5.75 Å². The van der Waals surface area contributed by atoms with Crippen molar-refractivity contribution in [2.24, 2.45) is 5.41 Å². The molecule has 0 atom stereocenters. The van der Waals surface area contributed by atoms with E-state index in [0.29, 0.717) is 30.2 Å². The molecular weight excluding hydrogens is 252 g/mol. The summed E-state index contributed by atoms with van der Waals surface area (Å²) in [5.74, 6) is 0.387. The number of nitrogens with one attached hydrogen (secondary N) is 1. The zero-order chi connectivity index (χ0) is 14.6. The predicted octanol–water partition coefficient (Wildman–Crippen LogP) is 2.98. The number of rotatable bonds is 5. The molecule has 0 heterocycles. The average molecular weight is 276 g/mol. The van der Waals surface area contributed by atoms with Gasteiger partial charge in [-0.05, 0) is 37.3 Å². The van der Waals surface area contributed by atoms with Crippen molar-refractivity contribution in [3.05, 3.63) is 23.8 Å². The van der Waals surface area contributed by atoms with Gasteiger partial charge in [-0.25, -0.2) is 0 Å². The Hall–Kier alpha value is -1.71. The number of hydrogen-bond donors (Lipinski definition) is 2. The van der Waals surface area contributed by atoms with Crippen LogP contribution >= 0.6 is 0 Å². The second-order valence-electron chi connectivity index (χ2n) is 5.86. The van der Waals surface area contributed by atoms with Gasteiger partial charge in [-0.1, -0.05) is 25.8 Å². The summed E-state index contributed by atoms with van der Waals surface area (Å²) in [4.78, 5) is 12.3. The van der Waals surface area contributed by atoms with Crippen LogP contribution in [-0.2, 0) is 0 Å². The van der Waals surface area contributed by atoms with Crippen LogP contribution in [0.15, 0.2) is 18.2 Å². The van der Waals surface area contributed by atoms with Crippen molar-refractivity contribution < 1.29 is 9.53 Å². The molecule has 1 aromatic rings. The topological polar surface area (TPSA) is 64.3 Å². The standard InChI is InChI=1S/C16H24N2O2/c1-3-20-14-12(7-6-8-13(14)17)15(19)18-11-16(2)9-4-5-10-16/h6-8H,3-5,9-11,17H2,1-2H3,(H,18,19). The first-order chi connectivity index (χ1) is 9.56. The van der Waals surface area contributed by atoms with E-state index in [0.717, 1.165) is 0 Å². The lowest BCUT2D eigenvalue weighted by atomic mass is 9.89. The number of hydrogen-bond acceptors (Lipinski definition) is 3. The van der Waals surface area contributed by atoms with E-state index in [1.807, 2.05) is 6.92 Å². The number of anilines is 1. The summed E-state index contributed by atoms with van der Waals surface area (Å²) in [7, 11) is 0. The average Bonchev–Trinajstić information content (AvgIpc) is 2.86. The van der Waals surface area contributed by atoms with Crippen molar-refractivity contribution in [2.75, 3.05) is 18.9 Å². The van der Waals surface area contributed by atoms with Crippen LogP contribution in [0.4, 0.5) is 5.69 Å². The first-order valence-corrected chi connectivity index (χ1v) is 7.35. The fourth-order valence-corrected chi connectivity index (χ4v) is 2.83. The Morgan fingerprint density at radius 1 is 1.40 bits per heavy atom. The molecule has 0 aliphatic heterocycles. The summed E-state index contributed by atoms with van der Waals surface area (Å²) in [5, 5.41) is 3.03. The van der Waals surface area contributed by atoms with E-state index in [4.69, 9.17) is 10.5 Å². The summed E-state index contributed by atoms with van der Waals surface area (Å²) in [6, 6.07) is 5.29. The fourth-order valence-electron chi connectivity index (χ4n) is 2.83. The molecule has 1 aliphatic rings. The number of benzene rings is 1. The number of carbonyl (C=O) groups is 1. The molecule has 0 saturated heterocycles. The fraction of sp³-hybridized carbons (Fsp3) is 0.562. The molecule has 1 saturated carbocycles. The summed E-state index contributed by atoms with van der Waals surface area (Å²) < 4.78 is 5.50. The zero-order valence-corrected chi connectivity index (χ0v) is 12.4. The van der Waals surface area contributed by atoms with Crippen LogP contribution in [-0.4, -0.2) is 19.1 Å². The number of nitrogen functional groups attached to an aromatic ring is 1. The van der Waals surface area contributed by atoms with Crippen LogP contribution in [0, 0.1) is 5.41 Å². The highest BCUT2D eigenvalue weighted by molar-refractivity contribution is 5.98. The van der Waals surface area contributed by atoms with Gasteiger partial charge < -0.3 is 15.8 Å². The predicted molar refractivity (Wildman–Crippen MR) is 80.9 cm³/mol. The van der Waals surface area contributed by atoms with Gasteiger partial charge in [-0.3, -0.25) is 4.79 Å². The Balaban J connectivity index is 2.07. The molecule has 4 heteroatoms. The highest BCUT2D eigenvalue weighted by Gasteiger charge is 2.29. The molecule has 110 valence electrons. The van der Waals surface area contributed by atoms with Gasteiger partial charge in [0.2, 0.25) is 0 Å². The van der Waals surface area contributed by atoms with E-state index in [9.17, 15) is 4.79 Å². The number of para-hydroxylation sites is 1. The van der Waals surface area contributed by atoms with Crippen molar-refractivity contribution in [2.45, 2.75) is 39.5 Å². The van der Waals surface area contributed by atoms with Crippen molar-refractivity contribution in [1.29, 1.82) is 0 Å². The Labute approximate surface area is 120 Å². The third-order valence-corrected chi connectivity index (χ3v) is 4.07. The normalized spacial score (nSPS) is 16.9. The molecule has 1 fully saturated rings. The molecule has 20 heavy (non-hydrogen) atoms. The Morgan fingerprint density at radius 2 is 2.10 bits per heavy atom. The minimum atomic E-state index is -0.103. The summed E-state index contributed by atoms with van der Waals surface area (Å²) in [6.07, 6.45) is 4.88. The third kappa shape index (κ3) is 3.24. The third-order valence-electron chi connectivity index (χ3n) is 4.07. The minimum Gasteiger partial charge on any atom is -0.491 e. The molecule has 3 N–H and O–H groups in total. The van der Waals surface area contributed by atoms with Crippen molar-refractivity contribution >= 4 is 11.6 Å². The van der Waals surface area contributed by atoms with E-state index in [-0.39, 0.29) is 11.3 Å². The molecule has 0 spiro atoms. The van der Waals surface area contributed by atoms with E-state index < -0.39 is 0 Å². The van der Waals surface area contributed by atoms with Gasteiger partial charge in [0.15, 0.2) is 5.75 Å². The molecule has 4 nitrogen and oxygen atoms in total. The maximum absolute atomic E-state index is 12.3. The quantitative estimate of drug-likeness (QED) is 0.813. The van der Waals surface area contributed by atoms with Gasteiger partial charge >= 0.3 is 0 Å². The summed E-state index contributed by atoms with van der Waals surface area (Å²) in [6.45, 7) is 5.33. The molecule has 0 bridgehead atoms. The first kappa shape index (κ1) is 14.7. The maximum atomic E-state index is 12.3. The zero-order valence-electron chi connectivity index (χ0n) is 12.4. The SMILES string of the molecule is CCOc1c(N)cccc1C(=O)NCC1(C)CCCC1. The first-order valence-electron chi connectivity index (χ1n) is 7.35. The number of carbonyl (C=O) groups excluding carboxylic acids is 1. The highest BCUT2D eigenvalue weighted by atomic mass is 16.5. The second kappa shape index (κ2) is 6.16. The van der Waals surface area contributed by atoms with E-state index in [1.165, 1.54) is 25.7 Å². The molecular formula is C16H24N2O2. The van der Waals surface area contributed by atoms with Crippen molar-refractivity contribution in [3.63, 3.8) is 0 Å². The smallest absolute Gasteiger partial charge is 0.255 e. The van der Waals surface area contributed by atoms with Gasteiger partial charge in [0, 0.05) is 6.54 Å². The molecule has 0 unspecified atom stereocenters. The van der Waals surface area contributed by atoms with Crippen LogP contribution in [0.3, 0.4) is 0 Å². The lowest BCUT2D eigenvalue weighted by Crippen LogP contribution is -2.34. The number of amides is 1. The van der Waals surface area contributed by atoms with Crippen molar-refractivity contribution in [1.82, 2.24) is 5.32 Å². The van der Waals surface area contributed by atoms with Gasteiger partial charge in [-0.15, -0.1) is 0 Å².